The Morgan fingerprint density at radius 3 is 2.82 bits per heavy atom. The maximum absolute atomic E-state index is 12.8. The number of nitrogens with one attached hydrogen (secondary N) is 1. The number of carbonyl (C=O) groups excluding carboxylic acids is 1. The number of para-hydroxylation sites is 1. The van der Waals surface area contributed by atoms with Crippen molar-refractivity contribution in [2.24, 2.45) is 0 Å². The van der Waals surface area contributed by atoms with Crippen LogP contribution in [0.4, 0.5) is 5.95 Å². The molecular formula is C24H27N5O3S. The third-order valence-electron chi connectivity index (χ3n) is 5.80. The van der Waals surface area contributed by atoms with Gasteiger partial charge in [0.2, 0.25) is 11.9 Å². The third kappa shape index (κ3) is 4.84. The molecule has 1 saturated heterocycles. The van der Waals surface area contributed by atoms with Gasteiger partial charge in [-0.2, -0.15) is 0 Å². The first-order valence-electron chi connectivity index (χ1n) is 11.2. The summed E-state index contributed by atoms with van der Waals surface area (Å²) in [6.45, 7) is 5.51. The lowest BCUT2D eigenvalue weighted by Crippen LogP contribution is -2.38. The summed E-state index contributed by atoms with van der Waals surface area (Å²) in [6, 6.07) is 16.1. The highest BCUT2D eigenvalue weighted by molar-refractivity contribution is 7.99. The molecule has 2 aliphatic rings. The first-order chi connectivity index (χ1) is 16.2. The van der Waals surface area contributed by atoms with E-state index in [1.54, 1.807) is 0 Å². The number of aromatic nitrogens is 3. The number of amides is 1. The van der Waals surface area contributed by atoms with Gasteiger partial charge in [0, 0.05) is 25.1 Å². The van der Waals surface area contributed by atoms with E-state index in [1.165, 1.54) is 11.8 Å². The second-order valence-corrected chi connectivity index (χ2v) is 9.08. The standard InChI is InChI=1S/C24H27N5O3S/c1-17-5-4-6-18(15-17)29-23(28-10-13-31-14-11-28)26-27-24(29)33-16-22(30)25-20-9-12-32-21-8-3-2-7-19(20)21/h2-8,15,20H,9-14,16H2,1H3,(H,25,30). The molecule has 1 amide bonds. The number of aryl methyl sites for hydroxylation is 1. The molecule has 9 heteroatoms. The van der Waals surface area contributed by atoms with Crippen LogP contribution >= 0.6 is 11.8 Å². The molecule has 2 aliphatic heterocycles. The summed E-state index contributed by atoms with van der Waals surface area (Å²) in [5.41, 5.74) is 3.17. The molecule has 1 N–H and O–H groups in total. The summed E-state index contributed by atoms with van der Waals surface area (Å²) in [5.74, 6) is 1.85. The number of hydrogen-bond acceptors (Lipinski definition) is 7. The molecule has 1 atom stereocenters. The average molecular weight is 466 g/mol. The number of rotatable bonds is 6. The van der Waals surface area contributed by atoms with Crippen molar-refractivity contribution >= 4 is 23.6 Å². The Kier molecular flexibility index (Phi) is 6.50. The summed E-state index contributed by atoms with van der Waals surface area (Å²) < 4.78 is 13.3. The van der Waals surface area contributed by atoms with Gasteiger partial charge in [0.25, 0.3) is 0 Å². The molecule has 33 heavy (non-hydrogen) atoms. The van der Waals surface area contributed by atoms with Gasteiger partial charge in [-0.25, -0.2) is 0 Å². The van der Waals surface area contributed by atoms with Crippen LogP contribution in [0.3, 0.4) is 0 Å². The van der Waals surface area contributed by atoms with Crippen molar-refractivity contribution < 1.29 is 14.3 Å². The molecule has 0 aliphatic carbocycles. The van der Waals surface area contributed by atoms with E-state index in [1.807, 2.05) is 41.0 Å². The fourth-order valence-corrected chi connectivity index (χ4v) is 4.93. The minimum Gasteiger partial charge on any atom is -0.493 e. The highest BCUT2D eigenvalue weighted by Gasteiger charge is 2.25. The van der Waals surface area contributed by atoms with Gasteiger partial charge in [-0.1, -0.05) is 42.1 Å². The van der Waals surface area contributed by atoms with Crippen LogP contribution in [0.2, 0.25) is 0 Å². The van der Waals surface area contributed by atoms with Crippen LogP contribution in [0.25, 0.3) is 5.69 Å². The Morgan fingerprint density at radius 1 is 1.12 bits per heavy atom. The van der Waals surface area contributed by atoms with Crippen molar-refractivity contribution in [3.05, 3.63) is 59.7 Å². The van der Waals surface area contributed by atoms with Crippen molar-refractivity contribution in [3.8, 4) is 11.4 Å². The van der Waals surface area contributed by atoms with E-state index >= 15 is 0 Å². The number of benzene rings is 2. The van der Waals surface area contributed by atoms with E-state index < -0.39 is 0 Å². The first kappa shape index (κ1) is 21.8. The summed E-state index contributed by atoms with van der Waals surface area (Å²) >= 11 is 1.40. The smallest absolute Gasteiger partial charge is 0.232 e. The predicted octanol–water partition coefficient (Wildman–Crippen LogP) is 3.14. The van der Waals surface area contributed by atoms with Crippen molar-refractivity contribution in [3.63, 3.8) is 0 Å². The molecular weight excluding hydrogens is 438 g/mol. The molecule has 3 heterocycles. The van der Waals surface area contributed by atoms with Gasteiger partial charge >= 0.3 is 0 Å². The van der Waals surface area contributed by atoms with Gasteiger partial charge in [0.05, 0.1) is 37.3 Å². The highest BCUT2D eigenvalue weighted by Crippen LogP contribution is 2.32. The van der Waals surface area contributed by atoms with Crippen molar-refractivity contribution in [2.75, 3.05) is 43.6 Å². The Hall–Kier alpha value is -3.04. The molecule has 1 unspecified atom stereocenters. The van der Waals surface area contributed by atoms with E-state index in [-0.39, 0.29) is 17.7 Å². The van der Waals surface area contributed by atoms with Crippen LogP contribution in [-0.2, 0) is 9.53 Å². The molecule has 2 aromatic carbocycles. The zero-order valence-electron chi connectivity index (χ0n) is 18.6. The summed E-state index contributed by atoms with van der Waals surface area (Å²) in [5, 5.41) is 12.8. The van der Waals surface area contributed by atoms with Crippen LogP contribution in [0.1, 0.15) is 23.6 Å². The Labute approximate surface area is 197 Å². The monoisotopic (exact) mass is 465 g/mol. The molecule has 5 rings (SSSR count). The van der Waals surface area contributed by atoms with Gasteiger partial charge in [-0.15, -0.1) is 10.2 Å². The largest absolute Gasteiger partial charge is 0.493 e. The van der Waals surface area contributed by atoms with Gasteiger partial charge < -0.3 is 19.7 Å². The Morgan fingerprint density at radius 2 is 1.97 bits per heavy atom. The maximum atomic E-state index is 12.8. The van der Waals surface area contributed by atoms with E-state index in [0.29, 0.717) is 25.0 Å². The van der Waals surface area contributed by atoms with E-state index in [2.05, 4.69) is 39.5 Å². The lowest BCUT2D eigenvalue weighted by atomic mass is 10.0. The third-order valence-corrected chi connectivity index (χ3v) is 6.73. The number of anilines is 1. The number of fused-ring (bicyclic) bond motifs is 1. The molecule has 0 bridgehead atoms. The Bertz CT molecular complexity index is 1130. The Balaban J connectivity index is 1.33. The van der Waals surface area contributed by atoms with Crippen LogP contribution in [0, 0.1) is 6.92 Å². The van der Waals surface area contributed by atoms with Crippen LogP contribution in [0.15, 0.2) is 53.7 Å². The van der Waals surface area contributed by atoms with Gasteiger partial charge in [0.15, 0.2) is 5.16 Å². The molecule has 8 nitrogen and oxygen atoms in total. The number of hydrogen-bond donors (Lipinski definition) is 1. The maximum Gasteiger partial charge on any atom is 0.232 e. The highest BCUT2D eigenvalue weighted by atomic mass is 32.2. The molecule has 0 saturated carbocycles. The van der Waals surface area contributed by atoms with Crippen LogP contribution < -0.4 is 15.0 Å². The molecule has 172 valence electrons. The second kappa shape index (κ2) is 9.84. The number of carbonyl (C=O) groups is 1. The summed E-state index contributed by atoms with van der Waals surface area (Å²) in [4.78, 5) is 15.0. The van der Waals surface area contributed by atoms with E-state index in [0.717, 1.165) is 48.0 Å². The predicted molar refractivity (Wildman–Crippen MR) is 127 cm³/mol. The molecule has 1 aromatic heterocycles. The minimum atomic E-state index is -0.0402. The normalized spacial score (nSPS) is 17.8. The zero-order chi connectivity index (χ0) is 22.6. The topological polar surface area (TPSA) is 81.5 Å². The van der Waals surface area contributed by atoms with Crippen molar-refractivity contribution in [2.45, 2.75) is 24.5 Å². The molecule has 0 radical (unpaired) electrons. The first-order valence-corrected chi connectivity index (χ1v) is 12.2. The second-order valence-electron chi connectivity index (χ2n) is 8.14. The van der Waals surface area contributed by atoms with Crippen molar-refractivity contribution in [1.29, 1.82) is 0 Å². The minimum absolute atomic E-state index is 0.0339. The van der Waals surface area contributed by atoms with Gasteiger partial charge in [-0.05, 0) is 30.7 Å². The lowest BCUT2D eigenvalue weighted by Gasteiger charge is -2.28. The number of nitrogens with zero attached hydrogens (tertiary/aromatic N) is 4. The van der Waals surface area contributed by atoms with E-state index in [9.17, 15) is 4.79 Å². The summed E-state index contributed by atoms with van der Waals surface area (Å²) in [7, 11) is 0. The number of ether oxygens (including phenoxy) is 2. The molecule has 1 fully saturated rings. The molecule has 3 aromatic rings. The quantitative estimate of drug-likeness (QED) is 0.560. The fourth-order valence-electron chi connectivity index (χ4n) is 4.17. The lowest BCUT2D eigenvalue weighted by molar-refractivity contribution is -0.119. The van der Waals surface area contributed by atoms with Gasteiger partial charge in [-0.3, -0.25) is 9.36 Å². The van der Waals surface area contributed by atoms with Crippen LogP contribution in [-0.4, -0.2) is 59.3 Å². The van der Waals surface area contributed by atoms with Crippen molar-refractivity contribution in [1.82, 2.24) is 20.1 Å². The molecule has 0 spiro atoms. The zero-order valence-corrected chi connectivity index (χ0v) is 19.4. The summed E-state index contributed by atoms with van der Waals surface area (Å²) in [6.07, 6.45) is 0.758. The van der Waals surface area contributed by atoms with Gasteiger partial charge in [0.1, 0.15) is 5.75 Å². The fraction of sp³-hybridized carbons (Fsp3) is 0.375. The van der Waals surface area contributed by atoms with E-state index in [4.69, 9.17) is 9.47 Å². The number of thioether (sulfide) groups is 1. The average Bonchev–Trinajstić information content (AvgIpc) is 3.28. The van der Waals surface area contributed by atoms with Crippen LogP contribution in [0.5, 0.6) is 5.75 Å². The SMILES string of the molecule is Cc1cccc(-n2c(SCC(=O)NC3CCOc4ccccc43)nnc2N2CCOCC2)c1. The number of morpholine rings is 1.